The predicted octanol–water partition coefficient (Wildman–Crippen LogP) is 4.90. The Morgan fingerprint density at radius 3 is 2.41 bits per heavy atom. The Balaban J connectivity index is 1.67. The smallest absolute Gasteiger partial charge is 0.306 e. The summed E-state index contributed by atoms with van der Waals surface area (Å²) in [4.78, 5) is 35.6. The van der Waals surface area contributed by atoms with Gasteiger partial charge in [0, 0.05) is 24.2 Å². The van der Waals surface area contributed by atoms with Crippen LogP contribution >= 0.6 is 23.2 Å². The van der Waals surface area contributed by atoms with Crippen molar-refractivity contribution in [2.24, 2.45) is 0 Å². The average molecular weight is 437 g/mol. The topological polar surface area (TPSA) is 84.5 Å². The Morgan fingerprint density at radius 1 is 0.931 bits per heavy atom. The summed E-state index contributed by atoms with van der Waals surface area (Å²) in [6, 6.07) is 10.3. The molecule has 0 fully saturated rings. The van der Waals surface area contributed by atoms with Gasteiger partial charge in [-0.1, -0.05) is 35.3 Å². The van der Waals surface area contributed by atoms with Gasteiger partial charge in [-0.25, -0.2) is 0 Å². The fourth-order valence-corrected chi connectivity index (χ4v) is 2.78. The number of hydrogen-bond acceptors (Lipinski definition) is 4. The molecule has 2 N–H and O–H groups in total. The van der Waals surface area contributed by atoms with Gasteiger partial charge < -0.3 is 15.4 Å². The van der Waals surface area contributed by atoms with E-state index in [9.17, 15) is 14.4 Å². The molecule has 29 heavy (non-hydrogen) atoms. The second-order valence-corrected chi connectivity index (χ2v) is 7.30. The first-order valence-corrected chi connectivity index (χ1v) is 9.78. The second kappa shape index (κ2) is 10.8. The summed E-state index contributed by atoms with van der Waals surface area (Å²) < 4.78 is 4.96. The molecule has 154 valence electrons. The molecule has 0 bridgehead atoms. The maximum Gasteiger partial charge on any atom is 0.306 e. The number of amides is 2. The van der Waals surface area contributed by atoms with Crippen molar-refractivity contribution in [3.8, 4) is 0 Å². The van der Waals surface area contributed by atoms with Gasteiger partial charge in [-0.3, -0.25) is 14.4 Å². The summed E-state index contributed by atoms with van der Waals surface area (Å²) in [6.45, 7) is 3.48. The lowest BCUT2D eigenvalue weighted by molar-refractivity contribution is -0.147. The number of carbonyl (C=O) groups is 3. The highest BCUT2D eigenvalue weighted by Gasteiger charge is 2.11. The first-order valence-electron chi connectivity index (χ1n) is 9.03. The molecule has 0 spiro atoms. The number of anilines is 2. The molecule has 6 nitrogen and oxygen atoms in total. The summed E-state index contributed by atoms with van der Waals surface area (Å²) in [5.41, 5.74) is 3.22. The standard InChI is InChI=1S/C21H22Cl2N2O4/c1-13-5-3-6-18(14(13)2)25-20(27)12-29-21(28)8-4-7-19(26)24-15-9-10-16(22)17(23)11-15/h3,5-6,9-11H,4,7-8,12H2,1-2H3,(H,24,26)(H,25,27). The first-order chi connectivity index (χ1) is 13.8. The van der Waals surface area contributed by atoms with Gasteiger partial charge in [-0.05, 0) is 55.7 Å². The van der Waals surface area contributed by atoms with Crippen LogP contribution in [0.3, 0.4) is 0 Å². The van der Waals surface area contributed by atoms with E-state index in [-0.39, 0.29) is 25.4 Å². The van der Waals surface area contributed by atoms with Gasteiger partial charge in [0.2, 0.25) is 5.91 Å². The molecule has 0 aromatic heterocycles. The Hall–Kier alpha value is -2.57. The molecule has 2 aromatic carbocycles. The van der Waals surface area contributed by atoms with E-state index in [0.717, 1.165) is 11.1 Å². The number of hydrogen-bond donors (Lipinski definition) is 2. The lowest BCUT2D eigenvalue weighted by atomic mass is 10.1. The molecule has 0 saturated heterocycles. The molecule has 0 saturated carbocycles. The monoisotopic (exact) mass is 436 g/mol. The number of aryl methyl sites for hydroxylation is 1. The third-order valence-electron chi connectivity index (χ3n) is 4.23. The molecule has 0 atom stereocenters. The van der Waals surface area contributed by atoms with E-state index >= 15 is 0 Å². The zero-order valence-electron chi connectivity index (χ0n) is 16.2. The molecule has 0 aliphatic heterocycles. The summed E-state index contributed by atoms with van der Waals surface area (Å²) in [5.74, 6) is -1.21. The Morgan fingerprint density at radius 2 is 1.69 bits per heavy atom. The van der Waals surface area contributed by atoms with E-state index in [4.69, 9.17) is 27.9 Å². The maximum absolute atomic E-state index is 11.9. The van der Waals surface area contributed by atoms with Crippen LogP contribution in [0.25, 0.3) is 0 Å². The summed E-state index contributed by atoms with van der Waals surface area (Å²) >= 11 is 11.7. The zero-order valence-corrected chi connectivity index (χ0v) is 17.7. The molecule has 0 aliphatic rings. The van der Waals surface area contributed by atoms with Crippen molar-refractivity contribution >= 4 is 52.4 Å². The third-order valence-corrected chi connectivity index (χ3v) is 4.97. The molecule has 2 aromatic rings. The fraction of sp³-hybridized carbons (Fsp3) is 0.286. The van der Waals surface area contributed by atoms with Crippen LogP contribution in [0, 0.1) is 13.8 Å². The quantitative estimate of drug-likeness (QED) is 0.576. The van der Waals surface area contributed by atoms with Crippen LogP contribution in [-0.2, 0) is 19.1 Å². The van der Waals surface area contributed by atoms with E-state index in [1.165, 1.54) is 0 Å². The van der Waals surface area contributed by atoms with E-state index in [0.29, 0.717) is 27.8 Å². The Bertz CT molecular complexity index is 916. The zero-order chi connectivity index (χ0) is 21.4. The van der Waals surface area contributed by atoms with Gasteiger partial charge in [-0.2, -0.15) is 0 Å². The van der Waals surface area contributed by atoms with E-state index < -0.39 is 11.9 Å². The minimum absolute atomic E-state index is 0.0333. The van der Waals surface area contributed by atoms with Crippen molar-refractivity contribution in [2.75, 3.05) is 17.2 Å². The summed E-state index contributed by atoms with van der Waals surface area (Å²) in [7, 11) is 0. The third kappa shape index (κ3) is 7.40. The molecule has 2 rings (SSSR count). The van der Waals surface area contributed by atoms with Crippen molar-refractivity contribution in [3.63, 3.8) is 0 Å². The number of halogens is 2. The van der Waals surface area contributed by atoms with Crippen LogP contribution in [-0.4, -0.2) is 24.4 Å². The average Bonchev–Trinajstić information content (AvgIpc) is 2.67. The van der Waals surface area contributed by atoms with Crippen molar-refractivity contribution in [3.05, 3.63) is 57.6 Å². The van der Waals surface area contributed by atoms with E-state index in [1.54, 1.807) is 24.3 Å². The van der Waals surface area contributed by atoms with E-state index in [1.807, 2.05) is 26.0 Å². The number of ether oxygens (including phenoxy) is 1. The largest absolute Gasteiger partial charge is 0.456 e. The van der Waals surface area contributed by atoms with Crippen LogP contribution in [0.5, 0.6) is 0 Å². The molecule has 0 unspecified atom stereocenters. The second-order valence-electron chi connectivity index (χ2n) is 6.49. The number of rotatable bonds is 8. The minimum Gasteiger partial charge on any atom is -0.456 e. The predicted molar refractivity (Wildman–Crippen MR) is 114 cm³/mol. The molecular formula is C21H22Cl2N2O4. The van der Waals surface area contributed by atoms with Crippen LogP contribution in [0.4, 0.5) is 11.4 Å². The van der Waals surface area contributed by atoms with Gasteiger partial charge in [0.1, 0.15) is 0 Å². The van der Waals surface area contributed by atoms with Gasteiger partial charge in [0.15, 0.2) is 6.61 Å². The number of benzene rings is 2. The lowest BCUT2D eigenvalue weighted by Crippen LogP contribution is -2.21. The number of esters is 1. The number of carbonyl (C=O) groups excluding carboxylic acids is 3. The molecule has 0 radical (unpaired) electrons. The highest BCUT2D eigenvalue weighted by molar-refractivity contribution is 6.42. The molecule has 8 heteroatoms. The van der Waals surface area contributed by atoms with Crippen molar-refractivity contribution < 1.29 is 19.1 Å². The van der Waals surface area contributed by atoms with Gasteiger partial charge in [0.25, 0.3) is 5.91 Å². The normalized spacial score (nSPS) is 10.3. The summed E-state index contributed by atoms with van der Waals surface area (Å²) in [5, 5.41) is 6.13. The minimum atomic E-state index is -0.538. The lowest BCUT2D eigenvalue weighted by Gasteiger charge is -2.10. The maximum atomic E-state index is 11.9. The van der Waals surface area contributed by atoms with Crippen LogP contribution < -0.4 is 10.6 Å². The molecular weight excluding hydrogens is 415 g/mol. The van der Waals surface area contributed by atoms with Crippen LogP contribution in [0.1, 0.15) is 30.4 Å². The first kappa shape index (κ1) is 22.7. The van der Waals surface area contributed by atoms with Crippen molar-refractivity contribution in [1.29, 1.82) is 0 Å². The Kier molecular flexibility index (Phi) is 8.49. The fourth-order valence-electron chi connectivity index (χ4n) is 2.48. The van der Waals surface area contributed by atoms with Crippen molar-refractivity contribution in [1.82, 2.24) is 0 Å². The SMILES string of the molecule is Cc1cccc(NC(=O)COC(=O)CCCC(=O)Nc2ccc(Cl)c(Cl)c2)c1C. The molecule has 0 aliphatic carbocycles. The van der Waals surface area contributed by atoms with Crippen molar-refractivity contribution in [2.45, 2.75) is 33.1 Å². The van der Waals surface area contributed by atoms with Gasteiger partial charge >= 0.3 is 5.97 Å². The van der Waals surface area contributed by atoms with Crippen LogP contribution in [0.2, 0.25) is 10.0 Å². The summed E-state index contributed by atoms with van der Waals surface area (Å²) in [6.07, 6.45) is 0.459. The number of nitrogens with one attached hydrogen (secondary N) is 2. The van der Waals surface area contributed by atoms with Gasteiger partial charge in [0.05, 0.1) is 10.0 Å². The van der Waals surface area contributed by atoms with E-state index in [2.05, 4.69) is 10.6 Å². The molecule has 0 heterocycles. The van der Waals surface area contributed by atoms with Gasteiger partial charge in [-0.15, -0.1) is 0 Å². The Labute approximate surface area is 179 Å². The van der Waals surface area contributed by atoms with Crippen LogP contribution in [0.15, 0.2) is 36.4 Å². The highest BCUT2D eigenvalue weighted by Crippen LogP contribution is 2.25. The molecule has 2 amide bonds. The highest BCUT2D eigenvalue weighted by atomic mass is 35.5.